The molecular formula is C8H11N3O3. The first-order chi connectivity index (χ1) is 6.69. The minimum Gasteiger partial charge on any atom is -0.395 e. The highest BCUT2D eigenvalue weighted by molar-refractivity contribution is 5.39. The Hall–Kier alpha value is -1.43. The molecule has 14 heavy (non-hydrogen) atoms. The van der Waals surface area contributed by atoms with E-state index >= 15 is 0 Å². The van der Waals surface area contributed by atoms with Crippen molar-refractivity contribution in [3.63, 3.8) is 0 Å². The predicted octanol–water partition coefficient (Wildman–Crippen LogP) is 0.732. The van der Waals surface area contributed by atoms with E-state index in [1.165, 1.54) is 6.20 Å². The Balaban J connectivity index is 2.39. The molecule has 2 N–H and O–H groups in total. The lowest BCUT2D eigenvalue weighted by atomic mass is 9.65. The van der Waals surface area contributed by atoms with Gasteiger partial charge in [-0.15, -0.1) is 5.10 Å². The fourth-order valence-electron chi connectivity index (χ4n) is 1.92. The fourth-order valence-corrected chi connectivity index (χ4v) is 1.92. The molecule has 2 rings (SSSR count). The van der Waals surface area contributed by atoms with Gasteiger partial charge in [0.25, 0.3) is 0 Å². The number of nitrogens with zero attached hydrogens (tertiary/aromatic N) is 2. The molecule has 1 aromatic rings. The van der Waals surface area contributed by atoms with Crippen LogP contribution in [0.15, 0.2) is 6.20 Å². The van der Waals surface area contributed by atoms with Gasteiger partial charge >= 0.3 is 5.82 Å². The van der Waals surface area contributed by atoms with Gasteiger partial charge in [-0.3, -0.25) is 0 Å². The second-order valence-electron chi connectivity index (χ2n) is 3.68. The molecule has 0 saturated heterocycles. The number of aliphatic hydroxyl groups is 1. The molecule has 0 amide bonds. The maximum absolute atomic E-state index is 10.6. The number of aromatic nitrogens is 2. The molecule has 6 heteroatoms. The molecule has 0 aromatic carbocycles. The molecule has 1 aliphatic carbocycles. The van der Waals surface area contributed by atoms with Crippen LogP contribution in [0.3, 0.4) is 0 Å². The monoisotopic (exact) mass is 197 g/mol. The Bertz CT molecular complexity index is 351. The molecule has 0 aliphatic heterocycles. The Morgan fingerprint density at radius 1 is 1.71 bits per heavy atom. The van der Waals surface area contributed by atoms with Gasteiger partial charge in [-0.2, -0.15) is 0 Å². The summed E-state index contributed by atoms with van der Waals surface area (Å²) in [4.78, 5) is 10.2. The van der Waals surface area contributed by atoms with Crippen LogP contribution in [0.25, 0.3) is 0 Å². The van der Waals surface area contributed by atoms with Crippen molar-refractivity contribution in [3.05, 3.63) is 21.9 Å². The van der Waals surface area contributed by atoms with Crippen molar-refractivity contribution >= 4 is 5.82 Å². The summed E-state index contributed by atoms with van der Waals surface area (Å²) >= 11 is 0. The second-order valence-corrected chi connectivity index (χ2v) is 3.68. The largest absolute Gasteiger partial charge is 0.395 e. The number of hydrogen-bond donors (Lipinski definition) is 2. The van der Waals surface area contributed by atoms with E-state index in [-0.39, 0.29) is 12.4 Å². The SMILES string of the molecule is O=[N+]([O-])c1[nH]ncc1C1(CO)CCC1. The minimum absolute atomic E-state index is 0.0482. The molecule has 1 aromatic heterocycles. The Morgan fingerprint density at radius 3 is 2.86 bits per heavy atom. The van der Waals surface area contributed by atoms with Crippen molar-refractivity contribution in [2.45, 2.75) is 24.7 Å². The molecular weight excluding hydrogens is 186 g/mol. The maximum atomic E-state index is 10.6. The molecule has 76 valence electrons. The molecule has 0 unspecified atom stereocenters. The summed E-state index contributed by atoms with van der Waals surface area (Å²) in [6.07, 6.45) is 4.05. The van der Waals surface area contributed by atoms with Crippen molar-refractivity contribution in [3.8, 4) is 0 Å². The molecule has 1 fully saturated rings. The lowest BCUT2D eigenvalue weighted by Gasteiger charge is -2.38. The van der Waals surface area contributed by atoms with E-state index in [0.29, 0.717) is 5.56 Å². The fraction of sp³-hybridized carbons (Fsp3) is 0.625. The van der Waals surface area contributed by atoms with Gasteiger partial charge in [-0.1, -0.05) is 11.5 Å². The molecule has 1 saturated carbocycles. The molecule has 1 aliphatic rings. The van der Waals surface area contributed by atoms with Crippen LogP contribution in [0.2, 0.25) is 0 Å². The van der Waals surface area contributed by atoms with E-state index in [1.54, 1.807) is 0 Å². The van der Waals surface area contributed by atoms with Gasteiger partial charge in [0, 0.05) is 5.41 Å². The third-order valence-corrected chi connectivity index (χ3v) is 2.99. The highest BCUT2D eigenvalue weighted by atomic mass is 16.6. The van der Waals surface area contributed by atoms with Crippen LogP contribution in [-0.4, -0.2) is 26.8 Å². The molecule has 1 heterocycles. The van der Waals surface area contributed by atoms with Crippen LogP contribution in [0.1, 0.15) is 24.8 Å². The van der Waals surface area contributed by atoms with Crippen molar-refractivity contribution < 1.29 is 10.0 Å². The van der Waals surface area contributed by atoms with Gasteiger partial charge in [-0.25, -0.2) is 0 Å². The number of H-pyrrole nitrogens is 1. The summed E-state index contributed by atoms with van der Waals surface area (Å²) in [5, 5.41) is 25.9. The zero-order valence-corrected chi connectivity index (χ0v) is 7.56. The van der Waals surface area contributed by atoms with Crippen LogP contribution in [0.5, 0.6) is 0 Å². The third-order valence-electron chi connectivity index (χ3n) is 2.99. The standard InChI is InChI=1S/C8H11N3O3/c12-5-8(2-1-3-8)6-4-9-10-7(6)11(13)14/h4,12H,1-3,5H2,(H,9,10). The number of nitro groups is 1. The molecule has 0 atom stereocenters. The summed E-state index contributed by atoms with van der Waals surface area (Å²) in [7, 11) is 0. The zero-order chi connectivity index (χ0) is 10.2. The lowest BCUT2D eigenvalue weighted by Crippen LogP contribution is -2.38. The molecule has 0 spiro atoms. The van der Waals surface area contributed by atoms with E-state index in [1.807, 2.05) is 0 Å². The third kappa shape index (κ3) is 1.11. The summed E-state index contributed by atoms with van der Waals surface area (Å²) in [5.41, 5.74) is 0.117. The minimum atomic E-state index is -0.488. The summed E-state index contributed by atoms with van der Waals surface area (Å²) in [5.74, 6) is -0.0845. The normalized spacial score (nSPS) is 18.9. The smallest absolute Gasteiger partial charge is 0.346 e. The Labute approximate surface area is 80.1 Å². The zero-order valence-electron chi connectivity index (χ0n) is 7.56. The average molecular weight is 197 g/mol. The number of aliphatic hydroxyl groups excluding tert-OH is 1. The number of hydrogen-bond acceptors (Lipinski definition) is 4. The Morgan fingerprint density at radius 2 is 2.43 bits per heavy atom. The van der Waals surface area contributed by atoms with Gasteiger partial charge in [0.2, 0.25) is 0 Å². The predicted molar refractivity (Wildman–Crippen MR) is 47.9 cm³/mol. The first-order valence-electron chi connectivity index (χ1n) is 4.49. The number of rotatable bonds is 3. The number of aromatic amines is 1. The highest BCUT2D eigenvalue weighted by Crippen LogP contribution is 2.45. The van der Waals surface area contributed by atoms with Gasteiger partial charge < -0.3 is 15.2 Å². The quantitative estimate of drug-likeness (QED) is 0.552. The first kappa shape index (κ1) is 9.14. The maximum Gasteiger partial charge on any atom is 0.346 e. The van der Waals surface area contributed by atoms with Gasteiger partial charge in [0.1, 0.15) is 0 Å². The first-order valence-corrected chi connectivity index (χ1v) is 4.49. The average Bonchev–Trinajstić information content (AvgIpc) is 2.52. The van der Waals surface area contributed by atoms with Crippen LogP contribution in [-0.2, 0) is 5.41 Å². The summed E-state index contributed by atoms with van der Waals surface area (Å²) in [6.45, 7) is -0.0482. The number of nitrogens with one attached hydrogen (secondary N) is 1. The van der Waals surface area contributed by atoms with Crippen LogP contribution in [0, 0.1) is 10.1 Å². The van der Waals surface area contributed by atoms with Gasteiger partial charge in [0.15, 0.2) is 0 Å². The van der Waals surface area contributed by atoms with Crippen molar-refractivity contribution in [2.75, 3.05) is 6.61 Å². The molecule has 0 bridgehead atoms. The summed E-state index contributed by atoms with van der Waals surface area (Å²) in [6, 6.07) is 0. The van der Waals surface area contributed by atoms with E-state index in [4.69, 9.17) is 0 Å². The van der Waals surface area contributed by atoms with Crippen LogP contribution in [0.4, 0.5) is 5.82 Å². The van der Waals surface area contributed by atoms with Crippen molar-refractivity contribution in [1.29, 1.82) is 0 Å². The second kappa shape index (κ2) is 3.06. The van der Waals surface area contributed by atoms with E-state index in [2.05, 4.69) is 10.2 Å². The van der Waals surface area contributed by atoms with Gasteiger partial charge in [-0.05, 0) is 17.8 Å². The topological polar surface area (TPSA) is 92.0 Å². The van der Waals surface area contributed by atoms with Crippen LogP contribution < -0.4 is 0 Å². The molecule has 0 radical (unpaired) electrons. The Kier molecular flexibility index (Phi) is 1.99. The van der Waals surface area contributed by atoms with Crippen molar-refractivity contribution in [1.82, 2.24) is 10.2 Å². The van der Waals surface area contributed by atoms with Crippen molar-refractivity contribution in [2.24, 2.45) is 0 Å². The van der Waals surface area contributed by atoms with E-state index < -0.39 is 10.3 Å². The van der Waals surface area contributed by atoms with Gasteiger partial charge in [0.05, 0.1) is 18.4 Å². The summed E-state index contributed by atoms with van der Waals surface area (Å²) < 4.78 is 0. The van der Waals surface area contributed by atoms with E-state index in [0.717, 1.165) is 19.3 Å². The highest BCUT2D eigenvalue weighted by Gasteiger charge is 2.43. The lowest BCUT2D eigenvalue weighted by molar-refractivity contribution is -0.391. The van der Waals surface area contributed by atoms with Crippen LogP contribution >= 0.6 is 0 Å². The molecule has 6 nitrogen and oxygen atoms in total. The van der Waals surface area contributed by atoms with E-state index in [9.17, 15) is 15.2 Å².